The first kappa shape index (κ1) is 28.1. The van der Waals surface area contributed by atoms with E-state index < -0.39 is 5.82 Å². The lowest BCUT2D eigenvalue weighted by atomic mass is 10.1. The van der Waals surface area contributed by atoms with Crippen LogP contribution >= 0.6 is 11.3 Å². The zero-order valence-corrected chi connectivity index (χ0v) is 24.5. The van der Waals surface area contributed by atoms with Crippen LogP contribution in [0.25, 0.3) is 22.2 Å². The number of ether oxygens (including phenoxy) is 3. The molecule has 0 atom stereocenters. The minimum Gasteiger partial charge on any atom is -0.493 e. The highest BCUT2D eigenvalue weighted by Crippen LogP contribution is 2.37. The third-order valence-corrected chi connectivity index (χ3v) is 7.57. The first-order chi connectivity index (χ1) is 20.8. The maximum atomic E-state index is 15.2. The summed E-state index contributed by atoms with van der Waals surface area (Å²) < 4.78 is 34.6. The van der Waals surface area contributed by atoms with Gasteiger partial charge in [0.05, 0.1) is 43.3 Å². The molecule has 1 saturated heterocycles. The van der Waals surface area contributed by atoms with Gasteiger partial charge in [0, 0.05) is 40.7 Å². The standard InChI is InChI=1S/C30H28FN7O4S/c1-5-28(39)37-13-20(14-37)41-27-9-21-24(10-26(27)40-4)32-16-33-29(21)35-23-7-6-19(8-22(23)31)42-30-36-25(15-43-30)18-11-34-38(12-18)17(2)3/h5-12,15-17,20H,1,13-14H2,2-4H3,(H,32,33,35). The van der Waals surface area contributed by atoms with E-state index in [2.05, 4.69) is 45.8 Å². The molecular formula is C30H28FN7O4S. The van der Waals surface area contributed by atoms with Crippen molar-refractivity contribution >= 4 is 39.7 Å². The number of rotatable bonds is 10. The molecule has 1 N–H and O–H groups in total. The number of likely N-dealkylation sites (tertiary alicyclic amines) is 1. The largest absolute Gasteiger partial charge is 0.493 e. The number of halogens is 1. The molecule has 0 bridgehead atoms. The molecule has 5 aromatic rings. The molecule has 0 unspecified atom stereocenters. The zero-order chi connectivity index (χ0) is 30.1. The number of carbonyl (C=O) groups is 1. The Morgan fingerprint density at radius 3 is 2.77 bits per heavy atom. The molecule has 1 aliphatic rings. The van der Waals surface area contributed by atoms with Gasteiger partial charge in [-0.2, -0.15) is 5.10 Å². The van der Waals surface area contributed by atoms with Crippen LogP contribution in [0.5, 0.6) is 22.4 Å². The van der Waals surface area contributed by atoms with Crippen LogP contribution in [0.3, 0.4) is 0 Å². The molecule has 43 heavy (non-hydrogen) atoms. The molecule has 1 aliphatic heterocycles. The van der Waals surface area contributed by atoms with Crippen molar-refractivity contribution in [3.63, 3.8) is 0 Å². The first-order valence-electron chi connectivity index (χ1n) is 13.5. The summed E-state index contributed by atoms with van der Waals surface area (Å²) >= 11 is 1.32. The van der Waals surface area contributed by atoms with E-state index in [9.17, 15) is 4.79 Å². The quantitative estimate of drug-likeness (QED) is 0.193. The van der Waals surface area contributed by atoms with Crippen LogP contribution in [0, 0.1) is 5.82 Å². The van der Waals surface area contributed by atoms with Crippen LogP contribution in [-0.4, -0.2) is 61.8 Å². The number of nitrogens with one attached hydrogen (secondary N) is 1. The molecule has 2 aromatic carbocycles. The molecule has 220 valence electrons. The fourth-order valence-corrected chi connectivity index (χ4v) is 5.19. The summed E-state index contributed by atoms with van der Waals surface area (Å²) in [5.41, 5.74) is 2.40. The van der Waals surface area contributed by atoms with Gasteiger partial charge in [-0.3, -0.25) is 9.48 Å². The zero-order valence-electron chi connectivity index (χ0n) is 23.7. The minimum absolute atomic E-state index is 0.144. The van der Waals surface area contributed by atoms with E-state index in [-0.39, 0.29) is 23.7 Å². The van der Waals surface area contributed by atoms with Gasteiger partial charge in [0.1, 0.15) is 29.8 Å². The van der Waals surface area contributed by atoms with Crippen molar-refractivity contribution in [3.8, 4) is 33.7 Å². The lowest BCUT2D eigenvalue weighted by molar-refractivity contribution is -0.134. The summed E-state index contributed by atoms with van der Waals surface area (Å²) in [7, 11) is 1.54. The lowest BCUT2D eigenvalue weighted by Crippen LogP contribution is -2.55. The second-order valence-corrected chi connectivity index (χ2v) is 10.9. The summed E-state index contributed by atoms with van der Waals surface area (Å²) in [6.45, 7) is 8.49. The molecule has 13 heteroatoms. The van der Waals surface area contributed by atoms with Crippen molar-refractivity contribution < 1.29 is 23.4 Å². The SMILES string of the molecule is C=CC(=O)N1CC(Oc2cc3c(Nc4ccc(Oc5nc(-c6cnn(C(C)C)c6)cs5)cc4F)ncnc3cc2OC)C1. The summed E-state index contributed by atoms with van der Waals surface area (Å²) in [5.74, 6) is 0.957. The van der Waals surface area contributed by atoms with Gasteiger partial charge in [-0.05, 0) is 38.1 Å². The first-order valence-corrected chi connectivity index (χ1v) is 14.3. The van der Waals surface area contributed by atoms with Gasteiger partial charge in [-0.1, -0.05) is 17.9 Å². The molecule has 6 rings (SSSR count). The number of benzene rings is 2. The Bertz CT molecular complexity index is 1820. The van der Waals surface area contributed by atoms with Gasteiger partial charge in [0.15, 0.2) is 11.5 Å². The Balaban J connectivity index is 1.18. The third-order valence-electron chi connectivity index (χ3n) is 6.86. The van der Waals surface area contributed by atoms with Crippen LogP contribution in [0.2, 0.25) is 0 Å². The molecule has 4 heterocycles. The predicted molar refractivity (Wildman–Crippen MR) is 161 cm³/mol. The van der Waals surface area contributed by atoms with Crippen LogP contribution in [0.1, 0.15) is 19.9 Å². The molecule has 0 spiro atoms. The molecule has 1 fully saturated rings. The van der Waals surface area contributed by atoms with Crippen LogP contribution in [0.4, 0.5) is 15.9 Å². The second kappa shape index (κ2) is 11.7. The number of thiazole rings is 1. The fourth-order valence-electron chi connectivity index (χ4n) is 4.50. The summed E-state index contributed by atoms with van der Waals surface area (Å²) in [4.78, 5) is 26.6. The van der Waals surface area contributed by atoms with Gasteiger partial charge < -0.3 is 24.4 Å². The highest BCUT2D eigenvalue weighted by Gasteiger charge is 2.31. The van der Waals surface area contributed by atoms with Crippen LogP contribution < -0.4 is 19.5 Å². The number of anilines is 2. The maximum absolute atomic E-state index is 15.2. The number of hydrogen-bond donors (Lipinski definition) is 1. The number of carbonyl (C=O) groups excluding carboxylic acids is 1. The number of amides is 1. The molecule has 0 aliphatic carbocycles. The second-order valence-electron chi connectivity index (χ2n) is 10.1. The van der Waals surface area contributed by atoms with E-state index >= 15 is 4.39 Å². The Morgan fingerprint density at radius 2 is 2.05 bits per heavy atom. The number of nitrogens with zero attached hydrogens (tertiary/aromatic N) is 6. The van der Waals surface area contributed by atoms with Crippen molar-refractivity contribution in [2.45, 2.75) is 26.0 Å². The third kappa shape index (κ3) is 5.84. The van der Waals surface area contributed by atoms with Gasteiger partial charge in [0.2, 0.25) is 5.91 Å². The average molecular weight is 602 g/mol. The number of hydrogen-bond acceptors (Lipinski definition) is 10. The van der Waals surface area contributed by atoms with Crippen molar-refractivity contribution in [1.82, 2.24) is 29.6 Å². The van der Waals surface area contributed by atoms with Gasteiger partial charge in [0.25, 0.3) is 5.19 Å². The highest BCUT2D eigenvalue weighted by molar-refractivity contribution is 7.11. The van der Waals surface area contributed by atoms with E-state index in [1.807, 2.05) is 16.3 Å². The predicted octanol–water partition coefficient (Wildman–Crippen LogP) is 5.99. The van der Waals surface area contributed by atoms with Crippen molar-refractivity contribution in [3.05, 3.63) is 72.9 Å². The smallest absolute Gasteiger partial charge is 0.279 e. The van der Waals surface area contributed by atoms with Gasteiger partial charge >= 0.3 is 0 Å². The van der Waals surface area contributed by atoms with Crippen LogP contribution in [0.15, 0.2) is 67.1 Å². The summed E-state index contributed by atoms with van der Waals surface area (Å²) in [5, 5.41) is 10.3. The maximum Gasteiger partial charge on any atom is 0.279 e. The van der Waals surface area contributed by atoms with E-state index in [1.54, 1.807) is 35.4 Å². The molecule has 0 saturated carbocycles. The Labute approximate surface area is 250 Å². The lowest BCUT2D eigenvalue weighted by Gasteiger charge is -2.38. The Morgan fingerprint density at radius 1 is 1.21 bits per heavy atom. The molecule has 3 aromatic heterocycles. The topological polar surface area (TPSA) is 117 Å². The normalized spacial score (nSPS) is 13.2. The van der Waals surface area contributed by atoms with E-state index in [1.165, 1.54) is 36.9 Å². The fraction of sp³-hybridized carbons (Fsp3) is 0.233. The number of methoxy groups -OCH3 is 1. The molecule has 11 nitrogen and oxygen atoms in total. The number of fused-ring (bicyclic) bond motifs is 1. The van der Waals surface area contributed by atoms with Crippen molar-refractivity contribution in [2.75, 3.05) is 25.5 Å². The van der Waals surface area contributed by atoms with Crippen molar-refractivity contribution in [2.24, 2.45) is 0 Å². The monoisotopic (exact) mass is 601 g/mol. The van der Waals surface area contributed by atoms with Crippen molar-refractivity contribution in [1.29, 1.82) is 0 Å². The summed E-state index contributed by atoms with van der Waals surface area (Å²) in [6.07, 6.45) is 6.15. The van der Waals surface area contributed by atoms with Gasteiger partial charge in [-0.25, -0.2) is 19.3 Å². The summed E-state index contributed by atoms with van der Waals surface area (Å²) in [6, 6.07) is 8.22. The van der Waals surface area contributed by atoms with Crippen LogP contribution in [-0.2, 0) is 4.79 Å². The van der Waals surface area contributed by atoms with E-state index in [4.69, 9.17) is 14.2 Å². The Hall–Kier alpha value is -5.04. The molecule has 0 radical (unpaired) electrons. The Kier molecular flexibility index (Phi) is 7.63. The molecular weight excluding hydrogens is 573 g/mol. The molecule has 1 amide bonds. The average Bonchev–Trinajstić information content (AvgIpc) is 3.66. The van der Waals surface area contributed by atoms with E-state index in [0.717, 1.165) is 11.3 Å². The van der Waals surface area contributed by atoms with E-state index in [0.29, 0.717) is 52.3 Å². The highest BCUT2D eigenvalue weighted by atomic mass is 32.1. The van der Waals surface area contributed by atoms with Gasteiger partial charge in [-0.15, -0.1) is 0 Å². The minimum atomic E-state index is -0.536. The number of aromatic nitrogens is 5.